The molecule has 0 aliphatic rings. The molecule has 0 atom stereocenters. The number of hydrogen-bond acceptors (Lipinski definition) is 2. The molecule has 0 saturated heterocycles. The molecule has 1 N–H and O–H groups in total. The van der Waals surface area contributed by atoms with Crippen molar-refractivity contribution in [1.29, 1.82) is 0 Å². The van der Waals surface area contributed by atoms with Gasteiger partial charge in [-0.3, -0.25) is 0 Å². The molecular formula is C15H12O3. The first-order valence-corrected chi connectivity index (χ1v) is 5.48. The van der Waals surface area contributed by atoms with Gasteiger partial charge < -0.3 is 9.84 Å². The fraction of sp³-hybridized carbons (Fsp3) is 0. The third kappa shape index (κ3) is 3.22. The van der Waals surface area contributed by atoms with Crippen molar-refractivity contribution in [1.82, 2.24) is 0 Å². The summed E-state index contributed by atoms with van der Waals surface area (Å²) in [5.74, 6) is -0.697. The minimum Gasteiger partial charge on any atom is -0.475 e. The lowest BCUT2D eigenvalue weighted by atomic mass is 10.2. The summed E-state index contributed by atoms with van der Waals surface area (Å²) < 4.78 is 5.34. The van der Waals surface area contributed by atoms with Gasteiger partial charge in [0.15, 0.2) is 0 Å². The van der Waals surface area contributed by atoms with Crippen LogP contribution in [-0.2, 0) is 4.79 Å². The Bertz CT molecular complexity index is 544. The minimum atomic E-state index is -1.09. The van der Waals surface area contributed by atoms with E-state index in [-0.39, 0.29) is 5.76 Å². The van der Waals surface area contributed by atoms with Crippen LogP contribution in [0.1, 0.15) is 5.56 Å². The molecule has 0 amide bonds. The van der Waals surface area contributed by atoms with Gasteiger partial charge in [0.25, 0.3) is 0 Å². The van der Waals surface area contributed by atoms with Crippen molar-refractivity contribution in [2.75, 3.05) is 0 Å². The Morgan fingerprint density at radius 2 is 1.50 bits per heavy atom. The summed E-state index contributed by atoms with van der Waals surface area (Å²) in [7, 11) is 0. The molecule has 0 radical (unpaired) electrons. The molecular weight excluding hydrogens is 228 g/mol. The summed E-state index contributed by atoms with van der Waals surface area (Å²) in [6.07, 6.45) is 1.50. The van der Waals surface area contributed by atoms with Crippen molar-refractivity contribution in [3.63, 3.8) is 0 Å². The minimum absolute atomic E-state index is 0.104. The number of carboxylic acid groups (broad SMARTS) is 1. The number of carboxylic acids is 1. The summed E-state index contributed by atoms with van der Waals surface area (Å²) in [4.78, 5) is 11.1. The van der Waals surface area contributed by atoms with Gasteiger partial charge in [0.1, 0.15) is 5.75 Å². The van der Waals surface area contributed by atoms with E-state index in [1.165, 1.54) is 6.08 Å². The Morgan fingerprint density at radius 1 is 0.944 bits per heavy atom. The largest absolute Gasteiger partial charge is 0.475 e. The second kappa shape index (κ2) is 5.68. The van der Waals surface area contributed by atoms with E-state index in [0.717, 1.165) is 5.56 Å². The number of benzene rings is 2. The number of hydrogen-bond donors (Lipinski definition) is 1. The van der Waals surface area contributed by atoms with Crippen LogP contribution in [-0.4, -0.2) is 11.1 Å². The molecule has 0 bridgehead atoms. The summed E-state index contributed by atoms with van der Waals surface area (Å²) in [5.41, 5.74) is 0.783. The highest BCUT2D eigenvalue weighted by molar-refractivity contribution is 5.90. The lowest BCUT2D eigenvalue weighted by Crippen LogP contribution is -2.07. The monoisotopic (exact) mass is 240 g/mol. The van der Waals surface area contributed by atoms with E-state index in [1.807, 2.05) is 36.4 Å². The summed E-state index contributed by atoms with van der Waals surface area (Å²) in [5, 5.41) is 9.10. The van der Waals surface area contributed by atoms with Gasteiger partial charge in [-0.25, -0.2) is 4.79 Å². The van der Waals surface area contributed by atoms with Crippen LogP contribution >= 0.6 is 0 Å². The van der Waals surface area contributed by atoms with E-state index in [2.05, 4.69) is 0 Å². The van der Waals surface area contributed by atoms with Crippen molar-refractivity contribution in [2.24, 2.45) is 0 Å². The zero-order valence-corrected chi connectivity index (χ0v) is 9.61. The molecule has 0 aromatic heterocycles. The van der Waals surface area contributed by atoms with Gasteiger partial charge in [0.05, 0.1) is 0 Å². The van der Waals surface area contributed by atoms with E-state index in [9.17, 15) is 4.79 Å². The van der Waals surface area contributed by atoms with E-state index in [0.29, 0.717) is 5.75 Å². The third-order valence-corrected chi connectivity index (χ3v) is 2.28. The van der Waals surface area contributed by atoms with Crippen LogP contribution in [0.15, 0.2) is 66.4 Å². The first-order valence-electron chi connectivity index (χ1n) is 5.48. The topological polar surface area (TPSA) is 46.5 Å². The number of ether oxygens (including phenoxy) is 1. The van der Waals surface area contributed by atoms with Crippen molar-refractivity contribution >= 4 is 12.0 Å². The lowest BCUT2D eigenvalue weighted by molar-refractivity contribution is -0.134. The van der Waals surface area contributed by atoms with Crippen LogP contribution in [0.2, 0.25) is 0 Å². The van der Waals surface area contributed by atoms with Crippen molar-refractivity contribution in [2.45, 2.75) is 0 Å². The molecule has 0 spiro atoms. The first kappa shape index (κ1) is 11.9. The van der Waals surface area contributed by atoms with Crippen LogP contribution < -0.4 is 4.74 Å². The molecule has 0 saturated carbocycles. The number of rotatable bonds is 4. The third-order valence-electron chi connectivity index (χ3n) is 2.28. The van der Waals surface area contributed by atoms with Crippen LogP contribution in [0.5, 0.6) is 5.75 Å². The standard InChI is InChI=1S/C15H12O3/c16-15(17)14(11-12-7-3-1-4-8-12)18-13-9-5-2-6-10-13/h1-11H,(H,16,17)/b14-11+. The second-order valence-electron chi connectivity index (χ2n) is 3.64. The van der Waals surface area contributed by atoms with E-state index >= 15 is 0 Å². The zero-order valence-electron chi connectivity index (χ0n) is 9.61. The Balaban J connectivity index is 2.25. The molecule has 0 aliphatic heterocycles. The van der Waals surface area contributed by atoms with Gasteiger partial charge in [-0.15, -0.1) is 0 Å². The fourth-order valence-corrected chi connectivity index (χ4v) is 1.45. The molecule has 0 unspecified atom stereocenters. The maximum atomic E-state index is 11.1. The molecule has 18 heavy (non-hydrogen) atoms. The highest BCUT2D eigenvalue weighted by atomic mass is 16.5. The van der Waals surface area contributed by atoms with Gasteiger partial charge in [0, 0.05) is 0 Å². The number of para-hydroxylation sites is 1. The maximum absolute atomic E-state index is 11.1. The van der Waals surface area contributed by atoms with Gasteiger partial charge in [0.2, 0.25) is 5.76 Å². The molecule has 3 nitrogen and oxygen atoms in total. The SMILES string of the molecule is O=C(O)/C(=C\c1ccccc1)Oc1ccccc1. The van der Waals surface area contributed by atoms with E-state index in [1.54, 1.807) is 24.3 Å². The molecule has 2 aromatic carbocycles. The van der Waals surface area contributed by atoms with Crippen molar-refractivity contribution < 1.29 is 14.6 Å². The molecule has 90 valence electrons. The molecule has 0 fully saturated rings. The van der Waals surface area contributed by atoms with Gasteiger partial charge >= 0.3 is 5.97 Å². The van der Waals surface area contributed by atoms with Crippen molar-refractivity contribution in [3.05, 3.63) is 72.0 Å². The Hall–Kier alpha value is -2.55. The van der Waals surface area contributed by atoms with E-state index in [4.69, 9.17) is 9.84 Å². The van der Waals surface area contributed by atoms with Gasteiger partial charge in [-0.1, -0.05) is 48.5 Å². The summed E-state index contributed by atoms with van der Waals surface area (Å²) in [6.45, 7) is 0. The quantitative estimate of drug-likeness (QED) is 0.659. The second-order valence-corrected chi connectivity index (χ2v) is 3.64. The predicted molar refractivity (Wildman–Crippen MR) is 69.1 cm³/mol. The van der Waals surface area contributed by atoms with Gasteiger partial charge in [-0.05, 0) is 23.8 Å². The van der Waals surface area contributed by atoms with Gasteiger partial charge in [-0.2, -0.15) is 0 Å². The molecule has 2 rings (SSSR count). The van der Waals surface area contributed by atoms with Crippen LogP contribution in [0.25, 0.3) is 6.08 Å². The molecule has 3 heteroatoms. The van der Waals surface area contributed by atoms with E-state index < -0.39 is 5.97 Å². The van der Waals surface area contributed by atoms with Crippen LogP contribution in [0.3, 0.4) is 0 Å². The number of carbonyl (C=O) groups is 1. The smallest absolute Gasteiger partial charge is 0.371 e. The van der Waals surface area contributed by atoms with Crippen molar-refractivity contribution in [3.8, 4) is 5.75 Å². The maximum Gasteiger partial charge on any atom is 0.371 e. The molecule has 2 aromatic rings. The Kier molecular flexibility index (Phi) is 3.76. The zero-order chi connectivity index (χ0) is 12.8. The average molecular weight is 240 g/mol. The Labute approximate surface area is 105 Å². The summed E-state index contributed by atoms with van der Waals surface area (Å²) in [6, 6.07) is 18.0. The molecule has 0 aliphatic carbocycles. The highest BCUT2D eigenvalue weighted by Gasteiger charge is 2.09. The average Bonchev–Trinajstić information content (AvgIpc) is 2.40. The number of aliphatic carboxylic acids is 1. The molecule has 0 heterocycles. The first-order chi connectivity index (χ1) is 8.75. The lowest BCUT2D eigenvalue weighted by Gasteiger charge is -2.05. The predicted octanol–water partition coefficient (Wildman–Crippen LogP) is 3.19. The normalized spacial score (nSPS) is 11.0. The fourth-order valence-electron chi connectivity index (χ4n) is 1.45. The van der Waals surface area contributed by atoms with Crippen LogP contribution in [0.4, 0.5) is 0 Å². The highest BCUT2D eigenvalue weighted by Crippen LogP contribution is 2.15. The Morgan fingerprint density at radius 3 is 2.06 bits per heavy atom. The summed E-state index contributed by atoms with van der Waals surface area (Å²) >= 11 is 0. The van der Waals surface area contributed by atoms with Crippen LogP contribution in [0, 0.1) is 0 Å².